The number of rotatable bonds is 7. The monoisotopic (exact) mass is 405 g/mol. The zero-order valence-corrected chi connectivity index (χ0v) is 16.9. The van der Waals surface area contributed by atoms with Crippen LogP contribution in [0.1, 0.15) is 36.8 Å². The van der Waals surface area contributed by atoms with E-state index in [0.29, 0.717) is 10.8 Å². The summed E-state index contributed by atoms with van der Waals surface area (Å²) in [5.74, 6) is -0.0206. The Kier molecular flexibility index (Phi) is 7.63. The number of hydrogen-bond acceptors (Lipinski definition) is 5. The standard InChI is InChI=1S/C20H24ClN3O4/c1-20(2,3)28-19(26)24-12-11-23-18(25)17-16(5-4-10-22-17)27-13-14-6-8-15(21)9-7-14/h4-10H,11-13H2,1-3H3,(H,23,25)(H,24,26). The number of hydrogen-bond donors (Lipinski definition) is 2. The molecule has 1 aromatic carbocycles. The summed E-state index contributed by atoms with van der Waals surface area (Å²) in [5.41, 5.74) is 0.521. The van der Waals surface area contributed by atoms with E-state index in [9.17, 15) is 9.59 Å². The van der Waals surface area contributed by atoms with E-state index in [4.69, 9.17) is 21.1 Å². The number of alkyl carbamates (subject to hydrolysis) is 1. The minimum Gasteiger partial charge on any atom is -0.486 e. The quantitative estimate of drug-likeness (QED) is 0.687. The molecule has 1 heterocycles. The average Bonchev–Trinajstić information content (AvgIpc) is 2.63. The zero-order chi connectivity index (χ0) is 20.6. The third kappa shape index (κ3) is 7.44. The highest BCUT2D eigenvalue weighted by Gasteiger charge is 2.16. The van der Waals surface area contributed by atoms with Gasteiger partial charge in [0, 0.05) is 24.3 Å². The molecule has 0 aliphatic heterocycles. The molecule has 0 saturated heterocycles. The first-order valence-electron chi connectivity index (χ1n) is 8.82. The highest BCUT2D eigenvalue weighted by molar-refractivity contribution is 6.30. The summed E-state index contributed by atoms with van der Waals surface area (Å²) >= 11 is 5.87. The predicted octanol–water partition coefficient (Wildman–Crippen LogP) is 3.57. The molecule has 7 nitrogen and oxygen atoms in total. The van der Waals surface area contributed by atoms with Crippen LogP contribution in [0.2, 0.25) is 5.02 Å². The van der Waals surface area contributed by atoms with Crippen LogP contribution >= 0.6 is 11.6 Å². The molecule has 2 aromatic rings. The molecule has 150 valence electrons. The van der Waals surface area contributed by atoms with Crippen LogP contribution in [-0.2, 0) is 11.3 Å². The number of carbonyl (C=O) groups excluding carboxylic acids is 2. The van der Waals surface area contributed by atoms with E-state index in [0.717, 1.165) is 5.56 Å². The Morgan fingerprint density at radius 3 is 2.43 bits per heavy atom. The Morgan fingerprint density at radius 1 is 1.07 bits per heavy atom. The lowest BCUT2D eigenvalue weighted by Gasteiger charge is -2.19. The average molecular weight is 406 g/mol. The highest BCUT2D eigenvalue weighted by atomic mass is 35.5. The number of amides is 2. The van der Waals surface area contributed by atoms with Crippen molar-refractivity contribution in [1.82, 2.24) is 15.6 Å². The number of halogens is 1. The normalized spacial score (nSPS) is 10.9. The number of carbonyl (C=O) groups is 2. The minimum atomic E-state index is -0.572. The maximum Gasteiger partial charge on any atom is 0.407 e. The minimum absolute atomic E-state index is 0.175. The van der Waals surface area contributed by atoms with Crippen LogP contribution in [-0.4, -0.2) is 35.7 Å². The smallest absolute Gasteiger partial charge is 0.407 e. The molecule has 2 amide bonds. The molecule has 2 N–H and O–H groups in total. The molecule has 0 aliphatic rings. The summed E-state index contributed by atoms with van der Waals surface area (Å²) in [6, 6.07) is 10.6. The molecule has 0 bridgehead atoms. The van der Waals surface area contributed by atoms with Gasteiger partial charge in [-0.15, -0.1) is 0 Å². The Bertz CT molecular complexity index is 804. The fraction of sp³-hybridized carbons (Fsp3) is 0.350. The summed E-state index contributed by atoms with van der Waals surface area (Å²) in [6.45, 7) is 6.08. The summed E-state index contributed by atoms with van der Waals surface area (Å²) in [4.78, 5) is 28.1. The summed E-state index contributed by atoms with van der Waals surface area (Å²) in [5, 5.41) is 5.91. The van der Waals surface area contributed by atoms with Gasteiger partial charge in [-0.3, -0.25) is 4.79 Å². The third-order valence-electron chi connectivity index (χ3n) is 3.37. The lowest BCUT2D eigenvalue weighted by molar-refractivity contribution is 0.0526. The van der Waals surface area contributed by atoms with Crippen molar-refractivity contribution in [3.05, 3.63) is 58.9 Å². The van der Waals surface area contributed by atoms with E-state index < -0.39 is 17.6 Å². The van der Waals surface area contributed by atoms with Crippen molar-refractivity contribution >= 4 is 23.6 Å². The first-order valence-corrected chi connectivity index (χ1v) is 9.20. The molecule has 28 heavy (non-hydrogen) atoms. The maximum atomic E-state index is 12.4. The van der Waals surface area contributed by atoms with Crippen LogP contribution in [0.25, 0.3) is 0 Å². The molecule has 0 unspecified atom stereocenters. The molecular formula is C20H24ClN3O4. The van der Waals surface area contributed by atoms with Crippen molar-refractivity contribution < 1.29 is 19.1 Å². The Hall–Kier alpha value is -2.80. The lowest BCUT2D eigenvalue weighted by Crippen LogP contribution is -2.38. The van der Waals surface area contributed by atoms with Crippen molar-refractivity contribution in [2.24, 2.45) is 0 Å². The van der Waals surface area contributed by atoms with Crippen molar-refractivity contribution in [3.63, 3.8) is 0 Å². The van der Waals surface area contributed by atoms with Gasteiger partial charge in [-0.05, 0) is 50.6 Å². The molecule has 0 radical (unpaired) electrons. The molecule has 1 aromatic heterocycles. The predicted molar refractivity (Wildman–Crippen MR) is 107 cm³/mol. The molecule has 0 spiro atoms. The van der Waals surface area contributed by atoms with Crippen molar-refractivity contribution in [1.29, 1.82) is 0 Å². The molecule has 0 saturated carbocycles. The van der Waals surface area contributed by atoms with Gasteiger partial charge in [0.15, 0.2) is 11.4 Å². The van der Waals surface area contributed by atoms with Gasteiger partial charge in [0.25, 0.3) is 5.91 Å². The van der Waals surface area contributed by atoms with Gasteiger partial charge in [0.1, 0.15) is 12.2 Å². The number of aromatic nitrogens is 1. The van der Waals surface area contributed by atoms with Crippen LogP contribution in [0.3, 0.4) is 0 Å². The first kappa shape index (κ1) is 21.5. The molecule has 8 heteroatoms. The van der Waals surface area contributed by atoms with Gasteiger partial charge in [-0.2, -0.15) is 0 Å². The number of nitrogens with zero attached hydrogens (tertiary/aromatic N) is 1. The maximum absolute atomic E-state index is 12.4. The van der Waals surface area contributed by atoms with E-state index in [1.807, 2.05) is 12.1 Å². The fourth-order valence-electron chi connectivity index (χ4n) is 2.16. The number of nitrogens with one attached hydrogen (secondary N) is 2. The van der Waals surface area contributed by atoms with E-state index in [-0.39, 0.29) is 25.4 Å². The van der Waals surface area contributed by atoms with E-state index in [2.05, 4.69) is 15.6 Å². The lowest BCUT2D eigenvalue weighted by atomic mass is 10.2. The zero-order valence-electron chi connectivity index (χ0n) is 16.1. The van der Waals surface area contributed by atoms with Crippen molar-refractivity contribution in [2.75, 3.05) is 13.1 Å². The molecule has 0 atom stereocenters. The fourth-order valence-corrected chi connectivity index (χ4v) is 2.28. The number of benzene rings is 1. The second-order valence-electron chi connectivity index (χ2n) is 6.95. The van der Waals surface area contributed by atoms with Gasteiger partial charge in [0.05, 0.1) is 0 Å². The summed E-state index contributed by atoms with van der Waals surface area (Å²) in [6.07, 6.45) is 0.981. The van der Waals surface area contributed by atoms with Crippen LogP contribution in [0.15, 0.2) is 42.6 Å². The third-order valence-corrected chi connectivity index (χ3v) is 3.62. The van der Waals surface area contributed by atoms with Crippen LogP contribution in [0.4, 0.5) is 4.79 Å². The second kappa shape index (κ2) is 9.94. The van der Waals surface area contributed by atoms with E-state index in [1.54, 1.807) is 45.0 Å². The van der Waals surface area contributed by atoms with Gasteiger partial charge in [-0.25, -0.2) is 9.78 Å². The van der Waals surface area contributed by atoms with Gasteiger partial charge in [-0.1, -0.05) is 23.7 Å². The molecular weight excluding hydrogens is 382 g/mol. The van der Waals surface area contributed by atoms with Crippen LogP contribution < -0.4 is 15.4 Å². The van der Waals surface area contributed by atoms with Crippen molar-refractivity contribution in [2.45, 2.75) is 33.0 Å². The number of pyridine rings is 1. The van der Waals surface area contributed by atoms with Gasteiger partial charge in [0.2, 0.25) is 0 Å². The number of ether oxygens (including phenoxy) is 2. The van der Waals surface area contributed by atoms with E-state index in [1.165, 1.54) is 6.20 Å². The SMILES string of the molecule is CC(C)(C)OC(=O)NCCNC(=O)c1ncccc1OCc1ccc(Cl)cc1. The Labute approximate surface area is 169 Å². The summed E-state index contributed by atoms with van der Waals surface area (Å²) < 4.78 is 10.9. The molecule has 0 fully saturated rings. The second-order valence-corrected chi connectivity index (χ2v) is 7.39. The largest absolute Gasteiger partial charge is 0.486 e. The van der Waals surface area contributed by atoms with Crippen molar-refractivity contribution in [3.8, 4) is 5.75 Å². The molecule has 0 aliphatic carbocycles. The highest BCUT2D eigenvalue weighted by Crippen LogP contribution is 2.18. The van der Waals surface area contributed by atoms with Gasteiger partial charge < -0.3 is 20.1 Å². The topological polar surface area (TPSA) is 89.6 Å². The Balaban J connectivity index is 1.84. The summed E-state index contributed by atoms with van der Waals surface area (Å²) in [7, 11) is 0. The first-order chi connectivity index (χ1) is 13.2. The van der Waals surface area contributed by atoms with Crippen LogP contribution in [0.5, 0.6) is 5.75 Å². The molecule has 2 rings (SSSR count). The Morgan fingerprint density at radius 2 is 1.75 bits per heavy atom. The van der Waals surface area contributed by atoms with E-state index >= 15 is 0 Å². The van der Waals surface area contributed by atoms with Crippen LogP contribution in [0, 0.1) is 0 Å². The van der Waals surface area contributed by atoms with Gasteiger partial charge >= 0.3 is 6.09 Å².